The van der Waals surface area contributed by atoms with Gasteiger partial charge in [0.25, 0.3) is 0 Å². The first-order valence-corrected chi connectivity index (χ1v) is 5.71. The minimum Gasteiger partial charge on any atom is -0.389 e. The first-order valence-electron chi connectivity index (χ1n) is 5.71. The van der Waals surface area contributed by atoms with Gasteiger partial charge in [0.1, 0.15) is 0 Å². The number of hydrogen-bond acceptors (Lipinski definition) is 5. The van der Waals surface area contributed by atoms with Gasteiger partial charge in [0, 0.05) is 26.7 Å². The predicted octanol–water partition coefficient (Wildman–Crippen LogP) is -0.450. The number of methoxy groups -OCH3 is 1. The molecule has 0 aliphatic rings. The number of nitrogens with one attached hydrogen (secondary N) is 1. The Balaban J connectivity index is 3.52. The second-order valence-electron chi connectivity index (χ2n) is 4.12. The van der Waals surface area contributed by atoms with Gasteiger partial charge in [0.05, 0.1) is 25.4 Å². The third-order valence-corrected chi connectivity index (χ3v) is 2.24. The zero-order valence-corrected chi connectivity index (χ0v) is 10.9. The molecule has 0 bridgehead atoms. The highest BCUT2D eigenvalue weighted by Crippen LogP contribution is 1.95. The molecule has 0 aromatic carbocycles. The van der Waals surface area contributed by atoms with E-state index in [1.54, 1.807) is 7.11 Å². The van der Waals surface area contributed by atoms with Crippen molar-refractivity contribution in [2.75, 3.05) is 54.1 Å². The highest BCUT2D eigenvalue weighted by atomic mass is 16.5. The Morgan fingerprint density at radius 3 is 2.62 bits per heavy atom. The number of hydrogen-bond donors (Lipinski definition) is 2. The summed E-state index contributed by atoms with van der Waals surface area (Å²) in [6.07, 6.45) is -0.413. The molecule has 0 aromatic rings. The van der Waals surface area contributed by atoms with E-state index in [4.69, 9.17) is 9.47 Å². The maximum atomic E-state index is 9.71. The lowest BCUT2D eigenvalue weighted by molar-refractivity contribution is -0.0379. The SMILES string of the molecule is CNCCN(C)CC(O)COC(C)COC. The van der Waals surface area contributed by atoms with Crippen LogP contribution in [0.5, 0.6) is 0 Å². The van der Waals surface area contributed by atoms with E-state index in [-0.39, 0.29) is 6.10 Å². The van der Waals surface area contributed by atoms with Crippen LogP contribution in [0.3, 0.4) is 0 Å². The van der Waals surface area contributed by atoms with Crippen LogP contribution in [-0.2, 0) is 9.47 Å². The third kappa shape index (κ3) is 9.06. The van der Waals surface area contributed by atoms with Crippen LogP contribution in [0.25, 0.3) is 0 Å². The lowest BCUT2D eigenvalue weighted by Crippen LogP contribution is -2.36. The summed E-state index contributed by atoms with van der Waals surface area (Å²) in [5, 5.41) is 12.8. The van der Waals surface area contributed by atoms with E-state index in [9.17, 15) is 5.11 Å². The molecule has 2 atom stereocenters. The Morgan fingerprint density at radius 1 is 1.38 bits per heavy atom. The molecule has 0 aliphatic carbocycles. The number of aliphatic hydroxyl groups is 1. The van der Waals surface area contributed by atoms with E-state index in [2.05, 4.69) is 10.2 Å². The van der Waals surface area contributed by atoms with Crippen LogP contribution >= 0.6 is 0 Å². The number of ether oxygens (including phenoxy) is 2. The lowest BCUT2D eigenvalue weighted by Gasteiger charge is -2.21. The summed E-state index contributed by atoms with van der Waals surface area (Å²) >= 11 is 0. The van der Waals surface area contributed by atoms with Crippen molar-refractivity contribution in [3.63, 3.8) is 0 Å². The summed E-state index contributed by atoms with van der Waals surface area (Å²) < 4.78 is 10.4. The van der Waals surface area contributed by atoms with Crippen LogP contribution in [0.2, 0.25) is 0 Å². The molecule has 0 saturated carbocycles. The molecule has 0 aromatic heterocycles. The fourth-order valence-corrected chi connectivity index (χ4v) is 1.36. The summed E-state index contributed by atoms with van der Waals surface area (Å²) in [6.45, 7) is 5.31. The van der Waals surface area contributed by atoms with Gasteiger partial charge in [0.15, 0.2) is 0 Å². The van der Waals surface area contributed by atoms with Gasteiger partial charge < -0.3 is 24.8 Å². The second kappa shape index (κ2) is 9.99. The third-order valence-electron chi connectivity index (χ3n) is 2.24. The molecule has 5 heteroatoms. The van der Waals surface area contributed by atoms with Gasteiger partial charge in [-0.15, -0.1) is 0 Å². The molecule has 2 unspecified atom stereocenters. The van der Waals surface area contributed by atoms with Gasteiger partial charge in [-0.2, -0.15) is 0 Å². The normalized spacial score (nSPS) is 15.4. The van der Waals surface area contributed by atoms with Crippen molar-refractivity contribution in [3.05, 3.63) is 0 Å². The van der Waals surface area contributed by atoms with E-state index in [1.165, 1.54) is 0 Å². The number of nitrogens with zero attached hydrogens (tertiary/aromatic N) is 1. The topological polar surface area (TPSA) is 54.0 Å². The van der Waals surface area contributed by atoms with Crippen molar-refractivity contribution in [2.24, 2.45) is 0 Å². The van der Waals surface area contributed by atoms with Gasteiger partial charge in [0.2, 0.25) is 0 Å². The Morgan fingerprint density at radius 2 is 2.06 bits per heavy atom. The minimum absolute atomic E-state index is 0.0299. The Bertz CT molecular complexity index is 158. The first kappa shape index (κ1) is 15.8. The van der Waals surface area contributed by atoms with Crippen LogP contribution in [0.15, 0.2) is 0 Å². The summed E-state index contributed by atoms with van der Waals surface area (Å²) in [6, 6.07) is 0. The van der Waals surface area contributed by atoms with Gasteiger partial charge in [-0.25, -0.2) is 0 Å². The number of rotatable bonds is 10. The molecule has 0 heterocycles. The molecular formula is C11H26N2O3. The molecular weight excluding hydrogens is 208 g/mol. The number of aliphatic hydroxyl groups excluding tert-OH is 1. The lowest BCUT2D eigenvalue weighted by atomic mass is 10.3. The molecule has 0 amide bonds. The number of likely N-dealkylation sites (N-methyl/N-ethyl adjacent to an activating group) is 2. The molecule has 5 nitrogen and oxygen atoms in total. The Labute approximate surface area is 98.7 Å². The smallest absolute Gasteiger partial charge is 0.0900 e. The van der Waals surface area contributed by atoms with Crippen LogP contribution in [0, 0.1) is 0 Å². The molecule has 0 fully saturated rings. The standard InChI is InChI=1S/C11H26N2O3/c1-10(8-15-4)16-9-11(14)7-13(3)6-5-12-2/h10-12,14H,5-9H2,1-4H3. The van der Waals surface area contributed by atoms with Crippen LogP contribution in [0.4, 0.5) is 0 Å². The quantitative estimate of drug-likeness (QED) is 0.536. The maximum Gasteiger partial charge on any atom is 0.0900 e. The van der Waals surface area contributed by atoms with Crippen molar-refractivity contribution >= 4 is 0 Å². The predicted molar refractivity (Wildman–Crippen MR) is 64.7 cm³/mol. The first-order chi connectivity index (χ1) is 7.60. The summed E-state index contributed by atoms with van der Waals surface area (Å²) in [7, 11) is 5.54. The molecule has 0 radical (unpaired) electrons. The van der Waals surface area contributed by atoms with E-state index < -0.39 is 6.10 Å². The minimum atomic E-state index is -0.443. The molecule has 0 aliphatic heterocycles. The Kier molecular flexibility index (Phi) is 9.86. The second-order valence-corrected chi connectivity index (χ2v) is 4.12. The largest absolute Gasteiger partial charge is 0.389 e. The summed E-state index contributed by atoms with van der Waals surface area (Å²) in [5.74, 6) is 0. The van der Waals surface area contributed by atoms with E-state index >= 15 is 0 Å². The van der Waals surface area contributed by atoms with Gasteiger partial charge in [-0.3, -0.25) is 0 Å². The van der Waals surface area contributed by atoms with Crippen molar-refractivity contribution in [1.29, 1.82) is 0 Å². The van der Waals surface area contributed by atoms with Gasteiger partial charge >= 0.3 is 0 Å². The Hall–Kier alpha value is -0.200. The zero-order valence-electron chi connectivity index (χ0n) is 10.9. The van der Waals surface area contributed by atoms with Crippen LogP contribution < -0.4 is 5.32 Å². The highest BCUT2D eigenvalue weighted by molar-refractivity contribution is 4.62. The van der Waals surface area contributed by atoms with Gasteiger partial charge in [-0.05, 0) is 21.0 Å². The molecule has 0 rings (SSSR count). The monoisotopic (exact) mass is 234 g/mol. The van der Waals surface area contributed by atoms with Crippen molar-refractivity contribution in [1.82, 2.24) is 10.2 Å². The molecule has 0 saturated heterocycles. The average molecular weight is 234 g/mol. The van der Waals surface area contributed by atoms with Gasteiger partial charge in [-0.1, -0.05) is 0 Å². The fourth-order valence-electron chi connectivity index (χ4n) is 1.36. The summed E-state index contributed by atoms with van der Waals surface area (Å²) in [4.78, 5) is 2.07. The van der Waals surface area contributed by atoms with Crippen molar-refractivity contribution in [3.8, 4) is 0 Å². The van der Waals surface area contributed by atoms with E-state index in [0.29, 0.717) is 19.8 Å². The summed E-state index contributed by atoms with van der Waals surface area (Å²) in [5.41, 5.74) is 0. The highest BCUT2D eigenvalue weighted by Gasteiger charge is 2.10. The molecule has 0 spiro atoms. The fraction of sp³-hybridized carbons (Fsp3) is 1.00. The van der Waals surface area contributed by atoms with Crippen molar-refractivity contribution < 1.29 is 14.6 Å². The zero-order chi connectivity index (χ0) is 12.4. The average Bonchev–Trinajstić information content (AvgIpc) is 2.24. The molecule has 98 valence electrons. The van der Waals surface area contributed by atoms with E-state index in [0.717, 1.165) is 13.1 Å². The molecule has 2 N–H and O–H groups in total. The maximum absolute atomic E-state index is 9.71. The van der Waals surface area contributed by atoms with Crippen LogP contribution in [-0.4, -0.2) is 76.3 Å². The van der Waals surface area contributed by atoms with Crippen molar-refractivity contribution in [2.45, 2.75) is 19.1 Å². The van der Waals surface area contributed by atoms with Crippen LogP contribution in [0.1, 0.15) is 6.92 Å². The molecule has 16 heavy (non-hydrogen) atoms. The van der Waals surface area contributed by atoms with E-state index in [1.807, 2.05) is 21.0 Å².